The van der Waals surface area contributed by atoms with E-state index in [1.165, 1.54) is 5.56 Å². The highest BCUT2D eigenvalue weighted by Crippen LogP contribution is 2.31. The Labute approximate surface area is 119 Å². The third kappa shape index (κ3) is 3.94. The minimum absolute atomic E-state index is 0.503. The van der Waals surface area contributed by atoms with Crippen molar-refractivity contribution in [2.75, 3.05) is 20.1 Å². The van der Waals surface area contributed by atoms with Gasteiger partial charge >= 0.3 is 0 Å². The van der Waals surface area contributed by atoms with Gasteiger partial charge in [-0.15, -0.1) is 0 Å². The molecule has 1 fully saturated rings. The van der Waals surface area contributed by atoms with Crippen molar-refractivity contribution in [3.63, 3.8) is 0 Å². The topological polar surface area (TPSA) is 47.9 Å². The van der Waals surface area contributed by atoms with Crippen LogP contribution < -0.4 is 5.32 Å². The summed E-state index contributed by atoms with van der Waals surface area (Å²) in [5.74, 6) is 0.869. The van der Waals surface area contributed by atoms with Crippen LogP contribution in [-0.2, 0) is 6.54 Å². The highest BCUT2D eigenvalue weighted by molar-refractivity contribution is 7.07. The Bertz CT molecular complexity index is 412. The number of guanidine groups is 1. The Kier molecular flexibility index (Phi) is 4.82. The van der Waals surface area contributed by atoms with Gasteiger partial charge < -0.3 is 15.3 Å². The summed E-state index contributed by atoms with van der Waals surface area (Å²) < 4.78 is 0. The summed E-state index contributed by atoms with van der Waals surface area (Å²) in [5.41, 5.74) is 0.740. The number of aliphatic hydroxyl groups is 1. The fourth-order valence-electron chi connectivity index (χ4n) is 2.17. The van der Waals surface area contributed by atoms with Gasteiger partial charge in [-0.2, -0.15) is 11.3 Å². The van der Waals surface area contributed by atoms with Crippen LogP contribution in [-0.4, -0.2) is 41.7 Å². The van der Waals surface area contributed by atoms with Crippen LogP contribution in [0.1, 0.15) is 31.7 Å². The van der Waals surface area contributed by atoms with E-state index in [1.807, 2.05) is 7.05 Å². The normalized spacial score (nSPS) is 17.9. The van der Waals surface area contributed by atoms with E-state index in [9.17, 15) is 5.11 Å². The predicted octanol–water partition coefficient (Wildman–Crippen LogP) is 2.06. The minimum Gasteiger partial charge on any atom is -0.388 e. The maximum Gasteiger partial charge on any atom is 0.194 e. The number of aliphatic imine (C=N–C) groups is 1. The molecule has 1 saturated carbocycles. The maximum absolute atomic E-state index is 10.1. The van der Waals surface area contributed by atoms with E-state index in [0.717, 1.165) is 38.3 Å². The molecule has 2 N–H and O–H groups in total. The fourth-order valence-corrected chi connectivity index (χ4v) is 2.83. The lowest BCUT2D eigenvalue weighted by Gasteiger charge is -2.35. The van der Waals surface area contributed by atoms with Gasteiger partial charge in [-0.05, 0) is 48.6 Å². The van der Waals surface area contributed by atoms with E-state index in [4.69, 9.17) is 0 Å². The van der Waals surface area contributed by atoms with Crippen LogP contribution in [0.2, 0.25) is 0 Å². The minimum atomic E-state index is -0.552. The highest BCUT2D eigenvalue weighted by atomic mass is 32.1. The number of thiophene rings is 1. The standard InChI is InChI=1S/C14H23N3OS/c1-3-15-13(16-11-14(18)6-4-7-14)17(2)9-12-5-8-19-10-12/h5,8,10,18H,3-4,6-7,9,11H2,1-2H3,(H,15,16). The zero-order valence-corrected chi connectivity index (χ0v) is 12.5. The Hall–Kier alpha value is -1.07. The average Bonchev–Trinajstić information content (AvgIpc) is 2.84. The van der Waals surface area contributed by atoms with Crippen LogP contribution in [0.15, 0.2) is 21.8 Å². The van der Waals surface area contributed by atoms with Crippen molar-refractivity contribution in [1.29, 1.82) is 0 Å². The number of nitrogens with one attached hydrogen (secondary N) is 1. The summed E-state index contributed by atoms with van der Waals surface area (Å²) in [7, 11) is 2.03. The molecular weight excluding hydrogens is 258 g/mol. The molecule has 0 saturated heterocycles. The number of rotatable bonds is 5. The molecule has 0 amide bonds. The smallest absolute Gasteiger partial charge is 0.194 e. The fraction of sp³-hybridized carbons (Fsp3) is 0.643. The third-order valence-corrected chi connectivity index (χ3v) is 4.24. The first kappa shape index (κ1) is 14.3. The van der Waals surface area contributed by atoms with Crippen molar-refractivity contribution < 1.29 is 5.11 Å². The van der Waals surface area contributed by atoms with E-state index in [0.29, 0.717) is 6.54 Å². The van der Waals surface area contributed by atoms with Crippen molar-refractivity contribution in [1.82, 2.24) is 10.2 Å². The molecule has 1 aromatic rings. The van der Waals surface area contributed by atoms with Crippen molar-refractivity contribution >= 4 is 17.3 Å². The molecular formula is C14H23N3OS. The summed E-state index contributed by atoms with van der Waals surface area (Å²) in [6.45, 7) is 4.24. The highest BCUT2D eigenvalue weighted by Gasteiger charge is 2.34. The predicted molar refractivity (Wildman–Crippen MR) is 80.6 cm³/mol. The Morgan fingerprint density at radius 2 is 2.37 bits per heavy atom. The molecule has 19 heavy (non-hydrogen) atoms. The third-order valence-electron chi connectivity index (χ3n) is 3.50. The van der Waals surface area contributed by atoms with Crippen LogP contribution in [0.4, 0.5) is 0 Å². The largest absolute Gasteiger partial charge is 0.388 e. The van der Waals surface area contributed by atoms with Gasteiger partial charge in [-0.3, -0.25) is 4.99 Å². The first-order chi connectivity index (χ1) is 9.13. The van der Waals surface area contributed by atoms with E-state index in [-0.39, 0.29) is 0 Å². The summed E-state index contributed by atoms with van der Waals surface area (Å²) in [6, 6.07) is 2.13. The van der Waals surface area contributed by atoms with Gasteiger partial charge in [0.15, 0.2) is 5.96 Å². The van der Waals surface area contributed by atoms with Crippen molar-refractivity contribution in [2.24, 2.45) is 4.99 Å². The second-order valence-corrected chi connectivity index (χ2v) is 6.02. The van der Waals surface area contributed by atoms with E-state index < -0.39 is 5.60 Å². The number of nitrogens with zero attached hydrogens (tertiary/aromatic N) is 2. The molecule has 1 aromatic heterocycles. The molecule has 106 valence electrons. The zero-order chi connectivity index (χ0) is 13.7. The van der Waals surface area contributed by atoms with Crippen LogP contribution in [0.5, 0.6) is 0 Å². The van der Waals surface area contributed by atoms with Gasteiger partial charge in [0.25, 0.3) is 0 Å². The van der Waals surface area contributed by atoms with Crippen molar-refractivity contribution in [3.05, 3.63) is 22.4 Å². The Morgan fingerprint density at radius 3 is 2.89 bits per heavy atom. The lowest BCUT2D eigenvalue weighted by molar-refractivity contribution is -0.0237. The van der Waals surface area contributed by atoms with Crippen molar-refractivity contribution in [2.45, 2.75) is 38.3 Å². The Balaban J connectivity index is 1.95. The second kappa shape index (κ2) is 6.39. The first-order valence-electron chi connectivity index (χ1n) is 6.86. The molecule has 1 heterocycles. The maximum atomic E-state index is 10.1. The molecule has 0 bridgehead atoms. The van der Waals surface area contributed by atoms with Crippen LogP contribution in [0.25, 0.3) is 0 Å². The summed E-state index contributed by atoms with van der Waals surface area (Å²) in [4.78, 5) is 6.68. The van der Waals surface area contributed by atoms with Crippen LogP contribution >= 0.6 is 11.3 Å². The molecule has 0 radical (unpaired) electrons. The van der Waals surface area contributed by atoms with Gasteiger partial charge in [0.05, 0.1) is 12.1 Å². The van der Waals surface area contributed by atoms with Gasteiger partial charge in [0.2, 0.25) is 0 Å². The van der Waals surface area contributed by atoms with E-state index >= 15 is 0 Å². The molecule has 1 aliphatic rings. The number of hydrogen-bond donors (Lipinski definition) is 2. The lowest BCUT2D eigenvalue weighted by Crippen LogP contribution is -2.43. The van der Waals surface area contributed by atoms with Gasteiger partial charge in [0.1, 0.15) is 0 Å². The quantitative estimate of drug-likeness (QED) is 0.641. The van der Waals surface area contributed by atoms with Crippen LogP contribution in [0.3, 0.4) is 0 Å². The van der Waals surface area contributed by atoms with E-state index in [2.05, 4.69) is 39.0 Å². The van der Waals surface area contributed by atoms with Gasteiger partial charge in [-0.25, -0.2) is 0 Å². The van der Waals surface area contributed by atoms with Gasteiger partial charge in [-0.1, -0.05) is 0 Å². The molecule has 0 atom stereocenters. The lowest BCUT2D eigenvalue weighted by atomic mass is 9.80. The molecule has 0 unspecified atom stereocenters. The zero-order valence-electron chi connectivity index (χ0n) is 11.7. The molecule has 0 aliphatic heterocycles. The molecule has 4 nitrogen and oxygen atoms in total. The summed E-state index contributed by atoms with van der Waals surface area (Å²) in [6.07, 6.45) is 2.88. The summed E-state index contributed by atoms with van der Waals surface area (Å²) >= 11 is 1.71. The first-order valence-corrected chi connectivity index (χ1v) is 7.80. The molecule has 1 aliphatic carbocycles. The van der Waals surface area contributed by atoms with Crippen molar-refractivity contribution in [3.8, 4) is 0 Å². The van der Waals surface area contributed by atoms with Gasteiger partial charge in [0, 0.05) is 20.1 Å². The monoisotopic (exact) mass is 281 g/mol. The number of hydrogen-bond acceptors (Lipinski definition) is 3. The molecule has 5 heteroatoms. The molecule has 2 rings (SSSR count). The summed E-state index contributed by atoms with van der Waals surface area (Å²) in [5, 5.41) is 17.6. The van der Waals surface area contributed by atoms with Crippen LogP contribution in [0, 0.1) is 0 Å². The SMILES string of the molecule is CCNC(=NCC1(O)CCC1)N(C)Cc1ccsc1. The second-order valence-electron chi connectivity index (χ2n) is 5.24. The Morgan fingerprint density at radius 1 is 1.58 bits per heavy atom. The molecule has 0 aromatic carbocycles. The molecule has 0 spiro atoms. The average molecular weight is 281 g/mol. The van der Waals surface area contributed by atoms with E-state index in [1.54, 1.807) is 11.3 Å².